The van der Waals surface area contributed by atoms with Crippen LogP contribution < -0.4 is 5.76 Å². The van der Waals surface area contributed by atoms with Crippen LogP contribution >= 0.6 is 0 Å². The number of halogens is 3. The average molecular weight is 515 g/mol. The van der Waals surface area contributed by atoms with E-state index in [9.17, 15) is 18.0 Å². The Labute approximate surface area is 217 Å². The molecule has 0 fully saturated rings. The van der Waals surface area contributed by atoms with Crippen molar-refractivity contribution in [2.75, 3.05) is 13.1 Å². The van der Waals surface area contributed by atoms with Gasteiger partial charge in [0, 0.05) is 18.7 Å². The van der Waals surface area contributed by atoms with E-state index in [1.54, 1.807) is 10.6 Å². The minimum absolute atomic E-state index is 0.154. The molecule has 0 saturated heterocycles. The summed E-state index contributed by atoms with van der Waals surface area (Å²) in [5.74, 6) is -0.525. The van der Waals surface area contributed by atoms with Crippen LogP contribution in [0.5, 0.6) is 0 Å². The summed E-state index contributed by atoms with van der Waals surface area (Å²) in [6, 6.07) is 33.1. The van der Waals surface area contributed by atoms with Gasteiger partial charge in [-0.2, -0.15) is 13.2 Å². The van der Waals surface area contributed by atoms with Gasteiger partial charge in [-0.3, -0.25) is 9.47 Å². The van der Waals surface area contributed by atoms with Gasteiger partial charge in [0.2, 0.25) is 0 Å². The quantitative estimate of drug-likeness (QED) is 0.257. The van der Waals surface area contributed by atoms with E-state index >= 15 is 0 Å². The van der Waals surface area contributed by atoms with Gasteiger partial charge in [-0.1, -0.05) is 97.1 Å². The molecule has 0 aliphatic carbocycles. The normalized spacial score (nSPS) is 14.5. The van der Waals surface area contributed by atoms with E-state index in [4.69, 9.17) is 4.42 Å². The van der Waals surface area contributed by atoms with Crippen molar-refractivity contribution in [3.8, 4) is 0 Å². The molecule has 7 heteroatoms. The Bertz CT molecular complexity index is 1530. The van der Waals surface area contributed by atoms with Crippen LogP contribution in [0.4, 0.5) is 13.2 Å². The maximum atomic E-state index is 13.9. The average Bonchev–Trinajstić information content (AvgIpc) is 3.26. The molecule has 0 radical (unpaired) electrons. The van der Waals surface area contributed by atoms with Crippen molar-refractivity contribution in [3.05, 3.63) is 141 Å². The Balaban J connectivity index is 1.63. The first-order valence-corrected chi connectivity index (χ1v) is 12.5. The Hall–Kier alpha value is -4.10. The molecule has 0 N–H and O–H groups in total. The van der Waals surface area contributed by atoms with E-state index in [1.165, 1.54) is 4.90 Å². The first kappa shape index (κ1) is 24.2. The zero-order valence-electron chi connectivity index (χ0n) is 20.5. The third-order valence-electron chi connectivity index (χ3n) is 7.33. The van der Waals surface area contributed by atoms with Crippen molar-refractivity contribution in [2.45, 2.75) is 24.7 Å². The minimum Gasteiger partial charge on any atom is -0.407 e. The van der Waals surface area contributed by atoms with Crippen LogP contribution in [0.15, 0.2) is 112 Å². The number of alkyl halides is 3. The molecule has 38 heavy (non-hydrogen) atoms. The predicted octanol–water partition coefficient (Wildman–Crippen LogP) is 6.36. The first-order chi connectivity index (χ1) is 18.4. The van der Waals surface area contributed by atoms with Crippen molar-refractivity contribution in [1.82, 2.24) is 9.47 Å². The summed E-state index contributed by atoms with van der Waals surface area (Å²) in [5.41, 5.74) is 4.19. The summed E-state index contributed by atoms with van der Waals surface area (Å²) in [4.78, 5) is 15.3. The summed E-state index contributed by atoms with van der Waals surface area (Å²) in [5, 5.41) is 0. The van der Waals surface area contributed by atoms with E-state index in [-0.39, 0.29) is 13.1 Å². The molecule has 6 rings (SSSR count). The molecule has 1 aliphatic rings. The third-order valence-corrected chi connectivity index (χ3v) is 7.33. The van der Waals surface area contributed by atoms with Gasteiger partial charge >= 0.3 is 11.9 Å². The molecular weight excluding hydrogens is 489 g/mol. The Morgan fingerprint density at radius 1 is 0.737 bits per heavy atom. The number of rotatable bonds is 5. The molecule has 5 aromatic rings. The topological polar surface area (TPSA) is 38.4 Å². The summed E-state index contributed by atoms with van der Waals surface area (Å²) < 4.78 is 46.8. The number of oxazole rings is 1. The zero-order chi connectivity index (χ0) is 26.3. The molecule has 1 aromatic heterocycles. The standard InChI is InChI=1S/C31H25F3N2O2/c32-30(33,34)21-35-19-18-26-22(20-35)16-17-27-28(26)38-29(37)36(27)31(23-10-4-1-5-11-23,24-12-6-2-7-13-24)25-14-8-3-9-15-25/h1-17H,18-21H2. The zero-order valence-corrected chi connectivity index (χ0v) is 20.5. The molecule has 0 unspecified atom stereocenters. The Kier molecular flexibility index (Phi) is 5.95. The molecule has 2 heterocycles. The number of nitrogens with zero attached hydrogens (tertiary/aromatic N) is 2. The number of aromatic nitrogens is 1. The molecule has 0 spiro atoms. The predicted molar refractivity (Wildman–Crippen MR) is 140 cm³/mol. The maximum Gasteiger partial charge on any atom is 0.421 e. The molecule has 0 atom stereocenters. The van der Waals surface area contributed by atoms with Crippen LogP contribution in [-0.4, -0.2) is 28.7 Å². The fraction of sp³-hybridized carbons (Fsp3) is 0.194. The van der Waals surface area contributed by atoms with Crippen molar-refractivity contribution in [2.24, 2.45) is 0 Å². The van der Waals surface area contributed by atoms with Gasteiger partial charge in [0.1, 0.15) is 5.54 Å². The molecule has 0 saturated carbocycles. The van der Waals surface area contributed by atoms with Gasteiger partial charge in [0.05, 0.1) is 12.1 Å². The monoisotopic (exact) mass is 514 g/mol. The molecule has 4 nitrogen and oxygen atoms in total. The fourth-order valence-electron chi connectivity index (χ4n) is 5.82. The van der Waals surface area contributed by atoms with Gasteiger partial charge in [0.15, 0.2) is 5.58 Å². The Morgan fingerprint density at radius 2 is 1.26 bits per heavy atom. The van der Waals surface area contributed by atoms with E-state index < -0.39 is 24.0 Å². The number of benzene rings is 4. The highest BCUT2D eigenvalue weighted by atomic mass is 19.4. The van der Waals surface area contributed by atoms with Crippen LogP contribution in [-0.2, 0) is 18.5 Å². The third kappa shape index (κ3) is 4.03. The van der Waals surface area contributed by atoms with Gasteiger partial charge < -0.3 is 4.42 Å². The molecule has 4 aromatic carbocycles. The number of hydrogen-bond donors (Lipinski definition) is 0. The molecular formula is C31H25F3N2O2. The van der Waals surface area contributed by atoms with E-state index in [0.717, 1.165) is 27.8 Å². The first-order valence-electron chi connectivity index (χ1n) is 12.5. The van der Waals surface area contributed by atoms with Gasteiger partial charge in [-0.25, -0.2) is 4.79 Å². The minimum atomic E-state index is -4.27. The van der Waals surface area contributed by atoms with Crippen LogP contribution in [0.1, 0.15) is 27.8 Å². The highest BCUT2D eigenvalue weighted by Crippen LogP contribution is 2.42. The van der Waals surface area contributed by atoms with E-state index in [1.807, 2.05) is 97.1 Å². The van der Waals surface area contributed by atoms with Crippen LogP contribution in [0.3, 0.4) is 0 Å². The molecule has 0 amide bonds. The highest BCUT2D eigenvalue weighted by molar-refractivity contribution is 5.80. The second kappa shape index (κ2) is 9.33. The van der Waals surface area contributed by atoms with Gasteiger partial charge in [0.25, 0.3) is 0 Å². The van der Waals surface area contributed by atoms with E-state index in [2.05, 4.69) is 0 Å². The smallest absolute Gasteiger partial charge is 0.407 e. The number of hydrogen-bond acceptors (Lipinski definition) is 3. The highest BCUT2D eigenvalue weighted by Gasteiger charge is 2.42. The lowest BCUT2D eigenvalue weighted by molar-refractivity contribution is -0.147. The second-order valence-corrected chi connectivity index (χ2v) is 9.64. The molecule has 0 bridgehead atoms. The largest absolute Gasteiger partial charge is 0.421 e. The van der Waals surface area contributed by atoms with Gasteiger partial charge in [-0.15, -0.1) is 0 Å². The number of fused-ring (bicyclic) bond motifs is 3. The lowest BCUT2D eigenvalue weighted by Crippen LogP contribution is -2.42. The molecule has 192 valence electrons. The van der Waals surface area contributed by atoms with Crippen LogP contribution in [0.2, 0.25) is 0 Å². The fourth-order valence-corrected chi connectivity index (χ4v) is 5.82. The second-order valence-electron chi connectivity index (χ2n) is 9.64. The summed E-state index contributed by atoms with van der Waals surface area (Å²) in [6.07, 6.45) is -3.90. The van der Waals surface area contributed by atoms with Crippen molar-refractivity contribution < 1.29 is 17.6 Å². The van der Waals surface area contributed by atoms with Gasteiger partial charge in [-0.05, 0) is 34.7 Å². The summed E-state index contributed by atoms with van der Waals surface area (Å²) >= 11 is 0. The Morgan fingerprint density at radius 3 is 1.76 bits per heavy atom. The van der Waals surface area contributed by atoms with E-state index in [0.29, 0.717) is 17.5 Å². The van der Waals surface area contributed by atoms with Crippen molar-refractivity contribution in [1.29, 1.82) is 0 Å². The van der Waals surface area contributed by atoms with Crippen LogP contribution in [0, 0.1) is 0 Å². The van der Waals surface area contributed by atoms with Crippen molar-refractivity contribution in [3.63, 3.8) is 0 Å². The maximum absolute atomic E-state index is 13.9. The summed E-state index contributed by atoms with van der Waals surface area (Å²) in [7, 11) is 0. The lowest BCUT2D eigenvalue weighted by Gasteiger charge is -2.37. The van der Waals surface area contributed by atoms with Crippen LogP contribution in [0.25, 0.3) is 11.1 Å². The molecule has 1 aliphatic heterocycles. The SMILES string of the molecule is O=c1oc2c3c(ccc2n1C(c1ccccc1)(c1ccccc1)c1ccccc1)CN(CC(F)(F)F)CC3. The lowest BCUT2D eigenvalue weighted by atomic mass is 9.76. The summed E-state index contributed by atoms with van der Waals surface area (Å²) in [6.45, 7) is -0.572. The van der Waals surface area contributed by atoms with Crippen molar-refractivity contribution >= 4 is 11.1 Å².